The molecule has 180 valence electrons. The molecule has 0 aliphatic heterocycles. The second-order valence-electron chi connectivity index (χ2n) is 6.62. The van der Waals surface area contributed by atoms with Gasteiger partial charge in [-0.05, 0) is 43.7 Å². The molecule has 0 bridgehead atoms. The molecule has 0 saturated carbocycles. The molecule has 2 aromatic rings. The molecule has 0 spiro atoms. The van der Waals surface area contributed by atoms with Crippen molar-refractivity contribution in [2.45, 2.75) is 38.9 Å². The average Bonchev–Trinajstić information content (AvgIpc) is 2.68. The van der Waals surface area contributed by atoms with Gasteiger partial charge in [0.2, 0.25) is 0 Å². The second kappa shape index (κ2) is 15.5. The van der Waals surface area contributed by atoms with Crippen molar-refractivity contribution in [2.75, 3.05) is 16.4 Å². The van der Waals surface area contributed by atoms with Crippen LogP contribution in [0.25, 0.3) is 0 Å². The number of hydrogen-bond acceptors (Lipinski definition) is 7. The normalized spacial score (nSPS) is 13.5. The number of hydrogen-bond donors (Lipinski definition) is 4. The molecule has 0 amide bonds. The number of carbonyl (C=O) groups is 2. The number of anilines is 1. The number of halogens is 4. The van der Waals surface area contributed by atoms with Crippen LogP contribution in [0.1, 0.15) is 26.8 Å². The molecule has 2 atom stereocenters. The summed E-state index contributed by atoms with van der Waals surface area (Å²) in [6, 6.07) is 6.60. The zero-order valence-electron chi connectivity index (χ0n) is 16.7. The van der Waals surface area contributed by atoms with Crippen molar-refractivity contribution in [1.29, 1.82) is 0 Å². The maximum Gasteiger partial charge on any atom is 0.336 e. The Morgan fingerprint density at radius 2 is 1.47 bits per heavy atom. The molecular formula is C20H27Br2Cl2N3O5. The topological polar surface area (TPSA) is 147 Å². The van der Waals surface area contributed by atoms with Gasteiger partial charge in [0.25, 0.3) is 0 Å². The van der Waals surface area contributed by atoms with Crippen LogP contribution in [0.2, 0.25) is 10.3 Å². The largest absolute Gasteiger partial charge is 0.479 e. The Kier molecular flexibility index (Phi) is 15.9. The van der Waals surface area contributed by atoms with Crippen molar-refractivity contribution >= 4 is 72.5 Å². The van der Waals surface area contributed by atoms with E-state index < -0.39 is 17.2 Å². The number of nitrogens with two attached hydrogens (primary N) is 1. The predicted molar refractivity (Wildman–Crippen MR) is 135 cm³/mol. The monoisotopic (exact) mass is 617 g/mol. The highest BCUT2D eigenvalue weighted by Gasteiger charge is 2.28. The number of aliphatic carboxylic acids is 1. The fraction of sp³-hybridized carbons (Fsp3) is 0.400. The lowest BCUT2D eigenvalue weighted by Crippen LogP contribution is -2.38. The minimum Gasteiger partial charge on any atom is -0.479 e. The molecule has 0 unspecified atom stereocenters. The molecule has 32 heavy (non-hydrogen) atoms. The molecule has 0 aromatic carbocycles. The minimum absolute atomic E-state index is 0. The summed E-state index contributed by atoms with van der Waals surface area (Å²) in [6.07, 6.45) is 3.26. The van der Waals surface area contributed by atoms with E-state index in [1.54, 1.807) is 30.5 Å². The van der Waals surface area contributed by atoms with E-state index in [1.165, 1.54) is 20.0 Å². The maximum atomic E-state index is 11.6. The Bertz CT molecular complexity index is 853. The van der Waals surface area contributed by atoms with Gasteiger partial charge in [0.1, 0.15) is 15.9 Å². The van der Waals surface area contributed by atoms with E-state index in [0.717, 1.165) is 5.56 Å². The van der Waals surface area contributed by atoms with Crippen LogP contribution < -0.4 is 5.73 Å². The third-order valence-corrected chi connectivity index (χ3v) is 6.09. The highest BCUT2D eigenvalue weighted by Crippen LogP contribution is 2.14. The van der Waals surface area contributed by atoms with Gasteiger partial charge in [-0.1, -0.05) is 62.5 Å². The molecular weight excluding hydrogens is 593 g/mol. The van der Waals surface area contributed by atoms with Crippen LogP contribution >= 0.6 is 55.1 Å². The van der Waals surface area contributed by atoms with Gasteiger partial charge < -0.3 is 21.1 Å². The number of ketones is 1. The molecule has 8 nitrogen and oxygen atoms in total. The van der Waals surface area contributed by atoms with E-state index in [-0.39, 0.29) is 30.3 Å². The molecule has 0 aliphatic rings. The highest BCUT2D eigenvalue weighted by atomic mass is 79.9. The molecule has 5 N–H and O–H groups in total. The standard InChI is InChI=1S/C10H11BrClNO2.C5H5ClN2.C4H7BrO3.CH4/c1-10(15,6-11)8(14)4-7-2-3-13-9(12)5-7;6-5-3-4(7)1-2-8-5;1-4(8,2-5)3(6)7;/h2-3,5,15H,4,6H2,1H3;1-3H,(H2,7,8);8H,2H2,1H3,(H,6,7);1H4/t10-;;4-;/m0.0./s1. The number of rotatable bonds is 6. The number of Topliss-reactive ketones (excluding diaryl/α,β-unsaturated/α-hetero) is 1. The number of pyridine rings is 2. The van der Waals surface area contributed by atoms with E-state index in [1.807, 2.05) is 0 Å². The van der Waals surface area contributed by atoms with Gasteiger partial charge in [0, 0.05) is 35.2 Å². The summed E-state index contributed by atoms with van der Waals surface area (Å²) in [5.74, 6) is -1.46. The number of alkyl halides is 2. The van der Waals surface area contributed by atoms with E-state index in [4.69, 9.17) is 39.1 Å². The fourth-order valence-corrected chi connectivity index (χ4v) is 2.41. The Morgan fingerprint density at radius 1 is 1.00 bits per heavy atom. The van der Waals surface area contributed by atoms with Gasteiger partial charge in [-0.2, -0.15) is 0 Å². The average molecular weight is 620 g/mol. The number of aliphatic hydroxyl groups is 2. The van der Waals surface area contributed by atoms with Crippen LogP contribution in [0.4, 0.5) is 5.69 Å². The number of nitrogens with zero attached hydrogens (tertiary/aromatic N) is 2. The first kappa shape index (κ1) is 32.9. The molecule has 12 heteroatoms. The number of carboxylic acid groups (broad SMARTS) is 1. The molecule has 0 saturated heterocycles. The summed E-state index contributed by atoms with van der Waals surface area (Å²) in [5.41, 5.74) is 3.77. The van der Waals surface area contributed by atoms with E-state index in [0.29, 0.717) is 16.0 Å². The van der Waals surface area contributed by atoms with Crippen LogP contribution in [-0.4, -0.2) is 58.9 Å². The zero-order valence-corrected chi connectivity index (χ0v) is 21.4. The zero-order chi connectivity index (χ0) is 24.2. The first-order valence-electron chi connectivity index (χ1n) is 8.56. The SMILES string of the molecule is C.C[C@](O)(CBr)C(=O)Cc1ccnc(Cl)c1.C[C@](O)(CBr)C(=O)O.Nc1ccnc(Cl)c1. The molecule has 2 aromatic heterocycles. The predicted octanol–water partition coefficient (Wildman–Crippen LogP) is 4.16. The Labute approximate surface area is 214 Å². The number of nitrogen functional groups attached to an aromatic ring is 1. The summed E-state index contributed by atoms with van der Waals surface area (Å²) < 4.78 is 0. The molecule has 0 aliphatic carbocycles. The van der Waals surface area contributed by atoms with Crippen LogP contribution in [-0.2, 0) is 16.0 Å². The summed E-state index contributed by atoms with van der Waals surface area (Å²) in [7, 11) is 0. The summed E-state index contributed by atoms with van der Waals surface area (Å²) in [6.45, 7) is 2.71. The highest BCUT2D eigenvalue weighted by molar-refractivity contribution is 9.09. The summed E-state index contributed by atoms with van der Waals surface area (Å²) >= 11 is 17.1. The molecule has 2 heterocycles. The number of aromatic nitrogens is 2. The van der Waals surface area contributed by atoms with Gasteiger partial charge >= 0.3 is 5.97 Å². The quantitative estimate of drug-likeness (QED) is 0.278. The van der Waals surface area contributed by atoms with Crippen molar-refractivity contribution in [1.82, 2.24) is 9.97 Å². The number of carboxylic acids is 1. The van der Waals surface area contributed by atoms with Gasteiger partial charge in [0.15, 0.2) is 11.4 Å². The van der Waals surface area contributed by atoms with Crippen LogP contribution in [0.5, 0.6) is 0 Å². The molecule has 0 fully saturated rings. The molecule has 0 radical (unpaired) electrons. The van der Waals surface area contributed by atoms with Crippen molar-refractivity contribution in [3.8, 4) is 0 Å². The Hall–Kier alpha value is -1.30. The third-order valence-electron chi connectivity index (χ3n) is 3.49. The first-order chi connectivity index (χ1) is 14.2. The Balaban J connectivity index is 0. The fourth-order valence-electron chi connectivity index (χ4n) is 1.48. The van der Waals surface area contributed by atoms with Crippen LogP contribution in [0, 0.1) is 0 Å². The van der Waals surface area contributed by atoms with Crippen LogP contribution in [0.3, 0.4) is 0 Å². The minimum atomic E-state index is -1.62. The van der Waals surface area contributed by atoms with Gasteiger partial charge in [-0.15, -0.1) is 0 Å². The van der Waals surface area contributed by atoms with Crippen molar-refractivity contribution in [3.63, 3.8) is 0 Å². The lowest BCUT2D eigenvalue weighted by atomic mass is 9.98. The van der Waals surface area contributed by atoms with E-state index in [2.05, 4.69) is 41.8 Å². The van der Waals surface area contributed by atoms with Crippen molar-refractivity contribution < 1.29 is 24.9 Å². The van der Waals surface area contributed by atoms with Crippen molar-refractivity contribution in [2.24, 2.45) is 0 Å². The van der Waals surface area contributed by atoms with E-state index in [9.17, 15) is 14.7 Å². The van der Waals surface area contributed by atoms with E-state index >= 15 is 0 Å². The second-order valence-corrected chi connectivity index (χ2v) is 8.51. The molecule has 2 rings (SSSR count). The lowest BCUT2D eigenvalue weighted by molar-refractivity contribution is -0.154. The first-order valence-corrected chi connectivity index (χ1v) is 11.6. The van der Waals surface area contributed by atoms with Gasteiger partial charge in [-0.25, -0.2) is 14.8 Å². The number of carbonyl (C=O) groups excluding carboxylic acids is 1. The maximum absolute atomic E-state index is 11.6. The lowest BCUT2D eigenvalue weighted by Gasteiger charge is -2.18. The summed E-state index contributed by atoms with van der Waals surface area (Å²) in [4.78, 5) is 29.1. The van der Waals surface area contributed by atoms with Crippen molar-refractivity contribution in [3.05, 3.63) is 52.5 Å². The Morgan fingerprint density at radius 3 is 1.78 bits per heavy atom. The smallest absolute Gasteiger partial charge is 0.336 e. The van der Waals surface area contributed by atoms with Crippen LogP contribution in [0.15, 0.2) is 36.7 Å². The summed E-state index contributed by atoms with van der Waals surface area (Å²) in [5, 5.41) is 27.6. The van der Waals surface area contributed by atoms with Gasteiger partial charge in [-0.3, -0.25) is 4.79 Å². The van der Waals surface area contributed by atoms with Gasteiger partial charge in [0.05, 0.1) is 0 Å². The third kappa shape index (κ3) is 13.3.